The number of hydrogen-bond acceptors (Lipinski definition) is 2. The smallest absolute Gasteiger partial charge is 0.257 e. The van der Waals surface area contributed by atoms with Gasteiger partial charge in [-0.15, -0.1) is 0 Å². The Morgan fingerprint density at radius 2 is 1.86 bits per heavy atom. The van der Waals surface area contributed by atoms with Gasteiger partial charge >= 0.3 is 0 Å². The fourth-order valence-electron chi connectivity index (χ4n) is 3.68. The molecule has 2 heterocycles. The fourth-order valence-corrected chi connectivity index (χ4v) is 3.68. The van der Waals surface area contributed by atoms with Crippen LogP contribution in [0.15, 0.2) is 18.2 Å². The van der Waals surface area contributed by atoms with Crippen LogP contribution in [0.2, 0.25) is 0 Å². The summed E-state index contributed by atoms with van der Waals surface area (Å²) in [5, 5.41) is 0. The molecule has 0 aromatic heterocycles. The number of hydrogen-bond donors (Lipinski definition) is 0. The summed E-state index contributed by atoms with van der Waals surface area (Å²) in [6, 6.07) is 3.68. The molecule has 2 unspecified atom stereocenters. The third kappa shape index (κ3) is 2.67. The second-order valence-electron chi connectivity index (χ2n) is 6.02. The van der Waals surface area contributed by atoms with E-state index in [2.05, 4.69) is 11.9 Å². The normalized spacial score (nSPS) is 26.5. The van der Waals surface area contributed by atoms with Gasteiger partial charge in [0, 0.05) is 24.7 Å². The Hall–Kier alpha value is -1.49. The molecule has 2 saturated heterocycles. The fraction of sp³-hybridized carbons (Fsp3) is 0.562. The van der Waals surface area contributed by atoms with Crippen LogP contribution in [-0.2, 0) is 0 Å². The molecule has 0 N–H and O–H groups in total. The number of halogens is 2. The average molecular weight is 294 g/mol. The number of carbonyl (C=O) groups excluding carboxylic acids is 1. The molecular formula is C16H20F2N2O. The molecule has 1 aromatic carbocycles. The zero-order valence-electron chi connectivity index (χ0n) is 12.2. The first-order valence-corrected chi connectivity index (χ1v) is 7.54. The van der Waals surface area contributed by atoms with E-state index in [1.807, 2.05) is 0 Å². The van der Waals surface area contributed by atoms with Crippen molar-refractivity contribution >= 4 is 5.91 Å². The van der Waals surface area contributed by atoms with E-state index >= 15 is 0 Å². The highest BCUT2D eigenvalue weighted by Gasteiger charge is 2.39. The van der Waals surface area contributed by atoms with E-state index in [-0.39, 0.29) is 17.5 Å². The van der Waals surface area contributed by atoms with Crippen LogP contribution in [0.1, 0.15) is 36.0 Å². The molecule has 1 amide bonds. The maximum absolute atomic E-state index is 13.8. The maximum Gasteiger partial charge on any atom is 0.257 e. The third-order valence-corrected chi connectivity index (χ3v) is 4.74. The molecule has 3 rings (SSSR count). The summed E-state index contributed by atoms with van der Waals surface area (Å²) in [7, 11) is 2.08. The molecule has 0 radical (unpaired) electrons. The Labute approximate surface area is 123 Å². The number of likely N-dealkylation sites (N-methyl/N-ethyl adjacent to an activating group) is 1. The molecule has 2 aliphatic heterocycles. The average Bonchev–Trinajstić information content (AvgIpc) is 3.06. The lowest BCUT2D eigenvalue weighted by Crippen LogP contribution is -2.47. The Balaban J connectivity index is 1.82. The molecule has 0 saturated carbocycles. The Morgan fingerprint density at radius 3 is 2.52 bits per heavy atom. The molecule has 5 heteroatoms. The van der Waals surface area contributed by atoms with Crippen LogP contribution in [0.5, 0.6) is 0 Å². The third-order valence-electron chi connectivity index (χ3n) is 4.74. The van der Waals surface area contributed by atoms with Gasteiger partial charge in [-0.2, -0.15) is 0 Å². The van der Waals surface area contributed by atoms with Crippen LogP contribution in [0.4, 0.5) is 8.78 Å². The second kappa shape index (κ2) is 5.72. The van der Waals surface area contributed by atoms with E-state index in [0.29, 0.717) is 12.6 Å². The summed E-state index contributed by atoms with van der Waals surface area (Å²) in [5.74, 6) is -1.74. The predicted octanol–water partition coefficient (Wildman–Crippen LogP) is 2.66. The predicted molar refractivity (Wildman–Crippen MR) is 76.1 cm³/mol. The monoisotopic (exact) mass is 294 g/mol. The van der Waals surface area contributed by atoms with Crippen molar-refractivity contribution in [3.63, 3.8) is 0 Å². The van der Waals surface area contributed by atoms with Crippen molar-refractivity contribution in [2.45, 2.75) is 37.8 Å². The highest BCUT2D eigenvalue weighted by Crippen LogP contribution is 2.30. The number of likely N-dealkylation sites (tertiary alicyclic amines) is 2. The van der Waals surface area contributed by atoms with Gasteiger partial charge in [-0.05, 0) is 51.4 Å². The zero-order valence-corrected chi connectivity index (χ0v) is 12.2. The second-order valence-corrected chi connectivity index (χ2v) is 6.02. The van der Waals surface area contributed by atoms with Crippen molar-refractivity contribution < 1.29 is 13.6 Å². The molecule has 0 bridgehead atoms. The SMILES string of the molecule is CN1CCCC1C1CCCN1C(=O)c1ccc(F)cc1F. The molecule has 2 fully saturated rings. The molecule has 1 aromatic rings. The number of carbonyl (C=O) groups is 1. The Kier molecular flexibility index (Phi) is 3.93. The van der Waals surface area contributed by atoms with Gasteiger partial charge in [0.1, 0.15) is 11.6 Å². The first-order chi connectivity index (χ1) is 10.1. The summed E-state index contributed by atoms with van der Waals surface area (Å²) in [6.45, 7) is 1.71. The molecule has 0 spiro atoms. The number of rotatable bonds is 2. The summed E-state index contributed by atoms with van der Waals surface area (Å²) in [5.41, 5.74) is -0.0241. The minimum absolute atomic E-state index is 0.0241. The van der Waals surface area contributed by atoms with E-state index in [1.165, 1.54) is 6.07 Å². The van der Waals surface area contributed by atoms with Gasteiger partial charge in [0.05, 0.1) is 5.56 Å². The lowest BCUT2D eigenvalue weighted by atomic mass is 10.0. The van der Waals surface area contributed by atoms with Crippen molar-refractivity contribution in [3.8, 4) is 0 Å². The Bertz CT molecular complexity index is 549. The number of benzene rings is 1. The lowest BCUT2D eigenvalue weighted by molar-refractivity contribution is 0.0659. The van der Waals surface area contributed by atoms with Crippen LogP contribution in [0.25, 0.3) is 0 Å². The molecule has 3 nitrogen and oxygen atoms in total. The van der Waals surface area contributed by atoms with Crippen molar-refractivity contribution in [2.75, 3.05) is 20.1 Å². The van der Waals surface area contributed by atoms with Gasteiger partial charge in [0.15, 0.2) is 0 Å². The minimum Gasteiger partial charge on any atom is -0.334 e. The summed E-state index contributed by atoms with van der Waals surface area (Å²) in [4.78, 5) is 16.7. The van der Waals surface area contributed by atoms with E-state index < -0.39 is 11.6 Å². The van der Waals surface area contributed by atoms with Crippen LogP contribution in [-0.4, -0.2) is 47.9 Å². The molecule has 21 heavy (non-hydrogen) atoms. The van der Waals surface area contributed by atoms with E-state index in [9.17, 15) is 13.6 Å². The molecule has 0 aliphatic carbocycles. The molecule has 2 aliphatic rings. The standard InChI is InChI=1S/C16H20F2N2O/c1-19-8-2-4-14(19)15-5-3-9-20(15)16(21)12-7-6-11(17)10-13(12)18/h6-7,10,14-15H,2-5,8-9H2,1H3. The summed E-state index contributed by atoms with van der Waals surface area (Å²) in [6.07, 6.45) is 4.13. The summed E-state index contributed by atoms with van der Waals surface area (Å²) < 4.78 is 26.8. The topological polar surface area (TPSA) is 23.6 Å². The summed E-state index contributed by atoms with van der Waals surface area (Å²) >= 11 is 0. The van der Waals surface area contributed by atoms with Gasteiger partial charge in [0.2, 0.25) is 0 Å². The van der Waals surface area contributed by atoms with E-state index in [1.54, 1.807) is 4.90 Å². The highest BCUT2D eigenvalue weighted by atomic mass is 19.1. The quantitative estimate of drug-likeness (QED) is 0.837. The molecular weight excluding hydrogens is 274 g/mol. The van der Waals surface area contributed by atoms with Gasteiger partial charge in [-0.1, -0.05) is 0 Å². The van der Waals surface area contributed by atoms with Crippen molar-refractivity contribution in [3.05, 3.63) is 35.4 Å². The van der Waals surface area contributed by atoms with Crippen molar-refractivity contribution in [1.29, 1.82) is 0 Å². The van der Waals surface area contributed by atoms with Crippen LogP contribution in [0.3, 0.4) is 0 Å². The van der Waals surface area contributed by atoms with Crippen LogP contribution >= 0.6 is 0 Å². The first kappa shape index (κ1) is 14.4. The first-order valence-electron chi connectivity index (χ1n) is 7.54. The van der Waals surface area contributed by atoms with Crippen molar-refractivity contribution in [1.82, 2.24) is 9.80 Å². The maximum atomic E-state index is 13.8. The van der Waals surface area contributed by atoms with E-state index in [4.69, 9.17) is 0 Å². The van der Waals surface area contributed by atoms with Crippen molar-refractivity contribution in [2.24, 2.45) is 0 Å². The largest absolute Gasteiger partial charge is 0.334 e. The molecule has 114 valence electrons. The van der Waals surface area contributed by atoms with Crippen LogP contribution < -0.4 is 0 Å². The minimum atomic E-state index is -0.773. The number of amides is 1. The van der Waals surface area contributed by atoms with Gasteiger partial charge in [0.25, 0.3) is 5.91 Å². The van der Waals surface area contributed by atoms with E-state index in [0.717, 1.165) is 44.4 Å². The zero-order chi connectivity index (χ0) is 15.0. The van der Waals surface area contributed by atoms with Gasteiger partial charge in [-0.3, -0.25) is 4.79 Å². The molecule has 2 atom stereocenters. The highest BCUT2D eigenvalue weighted by molar-refractivity contribution is 5.95. The number of nitrogens with zero attached hydrogens (tertiary/aromatic N) is 2. The Morgan fingerprint density at radius 1 is 1.14 bits per heavy atom. The van der Waals surface area contributed by atoms with Crippen LogP contribution in [0, 0.1) is 11.6 Å². The van der Waals surface area contributed by atoms with Gasteiger partial charge < -0.3 is 9.80 Å². The van der Waals surface area contributed by atoms with Gasteiger partial charge in [-0.25, -0.2) is 8.78 Å². The lowest BCUT2D eigenvalue weighted by Gasteiger charge is -2.33.